The van der Waals surface area contributed by atoms with Crippen molar-refractivity contribution >= 4 is 13.2 Å². The Bertz CT molecular complexity index is 701. The minimum Gasteiger partial charge on any atom is -0.0622 e. The van der Waals surface area contributed by atoms with E-state index < -0.39 is 0 Å². The summed E-state index contributed by atoms with van der Waals surface area (Å²) >= 11 is 0. The monoisotopic (exact) mass is 308 g/mol. The lowest BCUT2D eigenvalue weighted by molar-refractivity contribution is 0.555. The van der Waals surface area contributed by atoms with E-state index >= 15 is 0 Å². The minimum atomic E-state index is -0.0845. The van der Waals surface area contributed by atoms with Crippen LogP contribution in [0, 0.1) is 0 Å². The molecule has 114 valence electrons. The molecule has 0 nitrogen and oxygen atoms in total. The molecule has 2 heterocycles. The first-order valence-corrected chi connectivity index (χ1v) is 9.87. The van der Waals surface area contributed by atoms with Crippen LogP contribution >= 0.6 is 7.92 Å². The zero-order valence-corrected chi connectivity index (χ0v) is 14.8. The van der Waals surface area contributed by atoms with Gasteiger partial charge >= 0.3 is 0 Å². The summed E-state index contributed by atoms with van der Waals surface area (Å²) in [6.45, 7) is 7.59. The molecule has 0 bridgehead atoms. The number of hydrogen-bond donors (Lipinski definition) is 0. The molecule has 2 aliphatic heterocycles. The summed E-state index contributed by atoms with van der Waals surface area (Å²) in [7, 11) is -0.0845. The first kappa shape index (κ1) is 14.5. The zero-order chi connectivity index (χ0) is 15.4. The Labute approximate surface area is 135 Å². The SMILES string of the molecule is CC1(C)CCCCC2(C)c3cccc(-c4ccccc4)c3P12. The third-order valence-electron chi connectivity index (χ3n) is 5.73. The van der Waals surface area contributed by atoms with Crippen LogP contribution in [0.25, 0.3) is 11.1 Å². The Morgan fingerprint density at radius 1 is 0.818 bits per heavy atom. The molecule has 22 heavy (non-hydrogen) atoms. The molecule has 2 aromatic rings. The lowest BCUT2D eigenvalue weighted by Gasteiger charge is -2.56. The topological polar surface area (TPSA) is 0 Å². The molecular formula is C21H25P. The molecule has 4 rings (SSSR count). The smallest absolute Gasteiger partial charge is 0.0178 e. The van der Waals surface area contributed by atoms with Crippen molar-refractivity contribution in [2.24, 2.45) is 0 Å². The first-order valence-electron chi connectivity index (χ1n) is 8.53. The minimum absolute atomic E-state index is 0.0845. The van der Waals surface area contributed by atoms with Crippen molar-refractivity contribution in [1.29, 1.82) is 0 Å². The molecule has 0 aromatic heterocycles. The quantitative estimate of drug-likeness (QED) is 0.563. The summed E-state index contributed by atoms with van der Waals surface area (Å²) in [6, 6.07) is 18.0. The van der Waals surface area contributed by atoms with Crippen LogP contribution in [0.2, 0.25) is 0 Å². The highest BCUT2D eigenvalue weighted by Crippen LogP contribution is 2.75. The normalized spacial score (nSPS) is 29.0. The van der Waals surface area contributed by atoms with Crippen molar-refractivity contribution in [3.05, 3.63) is 54.1 Å². The fraction of sp³-hybridized carbons (Fsp3) is 0.429. The number of rotatable bonds is 1. The molecule has 2 atom stereocenters. The second kappa shape index (κ2) is 4.93. The van der Waals surface area contributed by atoms with E-state index in [1.54, 1.807) is 10.9 Å². The summed E-state index contributed by atoms with van der Waals surface area (Å²) in [4.78, 5) is 0. The Morgan fingerprint density at radius 3 is 2.32 bits per heavy atom. The molecule has 2 unspecified atom stereocenters. The Kier molecular flexibility index (Phi) is 3.24. The molecule has 0 spiro atoms. The van der Waals surface area contributed by atoms with Gasteiger partial charge in [0.2, 0.25) is 0 Å². The van der Waals surface area contributed by atoms with Crippen LogP contribution in [-0.2, 0) is 5.16 Å². The van der Waals surface area contributed by atoms with Gasteiger partial charge in [-0.1, -0.05) is 90.1 Å². The molecule has 0 saturated carbocycles. The van der Waals surface area contributed by atoms with E-state index in [1.807, 2.05) is 0 Å². The largest absolute Gasteiger partial charge is 0.0622 e. The summed E-state index contributed by atoms with van der Waals surface area (Å²) < 4.78 is 0. The molecule has 0 N–H and O–H groups in total. The molecule has 1 fully saturated rings. The van der Waals surface area contributed by atoms with Gasteiger partial charge in [0.1, 0.15) is 0 Å². The fourth-order valence-electron chi connectivity index (χ4n) is 4.74. The summed E-state index contributed by atoms with van der Waals surface area (Å²) in [5.74, 6) is 0. The van der Waals surface area contributed by atoms with Crippen molar-refractivity contribution in [3.63, 3.8) is 0 Å². The van der Waals surface area contributed by atoms with Crippen LogP contribution in [-0.4, -0.2) is 5.16 Å². The van der Waals surface area contributed by atoms with Gasteiger partial charge in [-0.15, -0.1) is 0 Å². The van der Waals surface area contributed by atoms with E-state index in [4.69, 9.17) is 0 Å². The fourth-order valence-corrected chi connectivity index (χ4v) is 9.20. The van der Waals surface area contributed by atoms with Crippen molar-refractivity contribution in [3.8, 4) is 11.1 Å². The van der Waals surface area contributed by atoms with Crippen LogP contribution in [0.5, 0.6) is 0 Å². The van der Waals surface area contributed by atoms with E-state index in [-0.39, 0.29) is 7.92 Å². The molecular weight excluding hydrogens is 283 g/mol. The maximum Gasteiger partial charge on any atom is 0.0178 e. The van der Waals surface area contributed by atoms with Crippen LogP contribution in [0.3, 0.4) is 0 Å². The van der Waals surface area contributed by atoms with Crippen LogP contribution in [0.15, 0.2) is 48.5 Å². The average molecular weight is 308 g/mol. The van der Waals surface area contributed by atoms with E-state index in [1.165, 1.54) is 36.8 Å². The van der Waals surface area contributed by atoms with Crippen LogP contribution < -0.4 is 5.30 Å². The van der Waals surface area contributed by atoms with Gasteiger partial charge < -0.3 is 0 Å². The maximum atomic E-state index is 2.54. The van der Waals surface area contributed by atoms with Crippen molar-refractivity contribution in [2.45, 2.75) is 56.8 Å². The van der Waals surface area contributed by atoms with E-state index in [0.717, 1.165) is 0 Å². The Hall–Kier alpha value is -1.13. The first-order chi connectivity index (χ1) is 10.5. The molecule has 0 aliphatic carbocycles. The highest BCUT2D eigenvalue weighted by atomic mass is 31.1. The summed E-state index contributed by atoms with van der Waals surface area (Å²) in [6.07, 6.45) is 5.56. The highest BCUT2D eigenvalue weighted by molar-refractivity contribution is 7.70. The summed E-state index contributed by atoms with van der Waals surface area (Å²) in [5, 5.41) is 2.63. The van der Waals surface area contributed by atoms with Crippen LogP contribution in [0.1, 0.15) is 52.0 Å². The molecule has 2 aromatic carbocycles. The molecule has 1 saturated heterocycles. The average Bonchev–Trinajstić information content (AvgIpc) is 2.60. The van der Waals surface area contributed by atoms with Gasteiger partial charge in [0.15, 0.2) is 0 Å². The maximum absolute atomic E-state index is 2.54. The second-order valence-electron chi connectivity index (χ2n) is 7.70. The number of fused-ring (bicyclic) bond motifs is 4. The number of hydrogen-bond acceptors (Lipinski definition) is 0. The van der Waals surface area contributed by atoms with E-state index in [0.29, 0.717) is 10.3 Å². The third kappa shape index (κ3) is 1.93. The Morgan fingerprint density at radius 2 is 1.55 bits per heavy atom. The van der Waals surface area contributed by atoms with Crippen molar-refractivity contribution in [1.82, 2.24) is 0 Å². The van der Waals surface area contributed by atoms with Gasteiger partial charge in [-0.25, -0.2) is 0 Å². The molecule has 1 heteroatoms. The van der Waals surface area contributed by atoms with Crippen molar-refractivity contribution < 1.29 is 0 Å². The van der Waals surface area contributed by atoms with Crippen LogP contribution in [0.4, 0.5) is 0 Å². The third-order valence-corrected chi connectivity index (χ3v) is 9.54. The predicted octanol–water partition coefficient (Wildman–Crippen LogP) is 6.04. The highest BCUT2D eigenvalue weighted by Gasteiger charge is 2.55. The second-order valence-corrected chi connectivity index (χ2v) is 11.0. The molecule has 0 radical (unpaired) electrons. The van der Waals surface area contributed by atoms with Gasteiger partial charge in [-0.2, -0.15) is 0 Å². The van der Waals surface area contributed by atoms with Gasteiger partial charge in [0.25, 0.3) is 0 Å². The lowest BCUT2D eigenvalue weighted by atomic mass is 9.90. The van der Waals surface area contributed by atoms with Gasteiger partial charge in [0, 0.05) is 5.16 Å². The lowest BCUT2D eigenvalue weighted by Crippen LogP contribution is -2.46. The molecule has 0 amide bonds. The van der Waals surface area contributed by atoms with E-state index in [2.05, 4.69) is 69.3 Å². The standard InChI is InChI=1S/C21H25P/c1-20(2)14-7-8-15-21(3)18-13-9-12-17(19(18)22(20)21)16-10-5-4-6-11-16/h4-6,9-13H,7-8,14-15H2,1-3H3. The predicted molar refractivity (Wildman–Crippen MR) is 98.3 cm³/mol. The van der Waals surface area contributed by atoms with Gasteiger partial charge in [-0.05, 0) is 40.0 Å². The van der Waals surface area contributed by atoms with Gasteiger partial charge in [0.05, 0.1) is 0 Å². The molecule has 2 aliphatic rings. The number of benzene rings is 2. The van der Waals surface area contributed by atoms with E-state index in [9.17, 15) is 0 Å². The van der Waals surface area contributed by atoms with Gasteiger partial charge in [-0.3, -0.25) is 0 Å². The summed E-state index contributed by atoms with van der Waals surface area (Å²) in [5.41, 5.74) is 4.54. The Balaban J connectivity index is 1.92. The van der Waals surface area contributed by atoms with Crippen molar-refractivity contribution in [2.75, 3.05) is 0 Å². The zero-order valence-electron chi connectivity index (χ0n) is 13.9.